The van der Waals surface area contributed by atoms with Gasteiger partial charge in [-0.15, -0.1) is 0 Å². The van der Waals surface area contributed by atoms with Crippen LogP contribution >= 0.6 is 0 Å². The molecule has 2 rings (SSSR count). The van der Waals surface area contributed by atoms with Crippen LogP contribution in [0.15, 0.2) is 29.8 Å². The van der Waals surface area contributed by atoms with Gasteiger partial charge in [0.25, 0.3) is 0 Å². The summed E-state index contributed by atoms with van der Waals surface area (Å²) < 4.78 is 0. The lowest BCUT2D eigenvalue weighted by atomic mass is 9.85. The van der Waals surface area contributed by atoms with E-state index in [2.05, 4.69) is 6.07 Å². The Morgan fingerprint density at radius 1 is 1.27 bits per heavy atom. The molecule has 0 atom stereocenters. The van der Waals surface area contributed by atoms with Crippen molar-refractivity contribution in [2.75, 3.05) is 0 Å². The van der Waals surface area contributed by atoms with Gasteiger partial charge in [0.15, 0.2) is 0 Å². The summed E-state index contributed by atoms with van der Waals surface area (Å²) in [7, 11) is 0. The number of carboxylic acids is 1. The molecule has 1 aliphatic carbocycles. The SMILES string of the molecule is CC(C(=O)O)=C1CCCc2ccccc21. The van der Waals surface area contributed by atoms with Crippen LogP contribution in [0.1, 0.15) is 30.9 Å². The summed E-state index contributed by atoms with van der Waals surface area (Å²) in [4.78, 5) is 11.0. The van der Waals surface area contributed by atoms with E-state index in [1.165, 1.54) is 5.56 Å². The lowest BCUT2D eigenvalue weighted by Crippen LogP contribution is -2.07. The number of fused-ring (bicyclic) bond motifs is 1. The van der Waals surface area contributed by atoms with Crippen molar-refractivity contribution in [3.63, 3.8) is 0 Å². The summed E-state index contributed by atoms with van der Waals surface area (Å²) in [5, 5.41) is 9.00. The van der Waals surface area contributed by atoms with Crippen LogP contribution in [0.3, 0.4) is 0 Å². The predicted molar refractivity (Wildman–Crippen MR) is 59.6 cm³/mol. The highest BCUT2D eigenvalue weighted by molar-refractivity contribution is 5.96. The monoisotopic (exact) mass is 202 g/mol. The van der Waals surface area contributed by atoms with E-state index in [1.54, 1.807) is 6.92 Å². The lowest BCUT2D eigenvalue weighted by Gasteiger charge is -2.20. The minimum absolute atomic E-state index is 0.488. The summed E-state index contributed by atoms with van der Waals surface area (Å²) >= 11 is 0. The molecule has 0 heterocycles. The highest BCUT2D eigenvalue weighted by Gasteiger charge is 2.17. The van der Waals surface area contributed by atoms with Crippen LogP contribution < -0.4 is 0 Å². The fraction of sp³-hybridized carbons (Fsp3) is 0.308. The number of rotatable bonds is 1. The van der Waals surface area contributed by atoms with Gasteiger partial charge in [-0.3, -0.25) is 0 Å². The van der Waals surface area contributed by atoms with Gasteiger partial charge in [0.05, 0.1) is 0 Å². The van der Waals surface area contributed by atoms with Gasteiger partial charge < -0.3 is 5.11 Å². The molecule has 0 spiro atoms. The minimum atomic E-state index is -0.804. The number of carbonyl (C=O) groups is 1. The first kappa shape index (κ1) is 9.97. The molecule has 2 heteroatoms. The fourth-order valence-corrected chi connectivity index (χ4v) is 2.14. The maximum atomic E-state index is 11.0. The number of hydrogen-bond acceptors (Lipinski definition) is 1. The molecular weight excluding hydrogens is 188 g/mol. The van der Waals surface area contributed by atoms with Gasteiger partial charge in [-0.1, -0.05) is 24.3 Å². The molecule has 0 saturated carbocycles. The van der Waals surface area contributed by atoms with E-state index < -0.39 is 5.97 Å². The Bertz CT molecular complexity index is 430. The fourth-order valence-electron chi connectivity index (χ4n) is 2.14. The van der Waals surface area contributed by atoms with E-state index in [1.807, 2.05) is 18.2 Å². The number of hydrogen-bond donors (Lipinski definition) is 1. The molecule has 1 aliphatic rings. The molecule has 0 aromatic heterocycles. The maximum absolute atomic E-state index is 11.0. The third kappa shape index (κ3) is 1.80. The first-order valence-electron chi connectivity index (χ1n) is 5.21. The Morgan fingerprint density at radius 3 is 2.73 bits per heavy atom. The average Bonchev–Trinajstić information content (AvgIpc) is 2.27. The quantitative estimate of drug-likeness (QED) is 0.711. The van der Waals surface area contributed by atoms with E-state index in [0.717, 1.165) is 30.4 Å². The molecule has 0 saturated heterocycles. The molecule has 15 heavy (non-hydrogen) atoms. The molecule has 2 nitrogen and oxygen atoms in total. The average molecular weight is 202 g/mol. The molecule has 1 aromatic rings. The topological polar surface area (TPSA) is 37.3 Å². The van der Waals surface area contributed by atoms with E-state index in [9.17, 15) is 4.79 Å². The second kappa shape index (κ2) is 3.89. The number of benzene rings is 1. The first-order chi connectivity index (χ1) is 7.20. The summed E-state index contributed by atoms with van der Waals surface area (Å²) in [6.07, 6.45) is 3.00. The maximum Gasteiger partial charge on any atom is 0.331 e. The standard InChI is InChI=1S/C13H14O2/c1-9(13(14)15)11-8-4-6-10-5-2-3-7-12(10)11/h2-3,5,7H,4,6,8H2,1H3,(H,14,15). The van der Waals surface area contributed by atoms with Crippen molar-refractivity contribution in [1.29, 1.82) is 0 Å². The van der Waals surface area contributed by atoms with Crippen molar-refractivity contribution < 1.29 is 9.90 Å². The smallest absolute Gasteiger partial charge is 0.331 e. The van der Waals surface area contributed by atoms with Crippen molar-refractivity contribution in [2.24, 2.45) is 0 Å². The van der Waals surface area contributed by atoms with Gasteiger partial charge in [0.2, 0.25) is 0 Å². The molecule has 1 aromatic carbocycles. The Labute approximate surface area is 89.2 Å². The van der Waals surface area contributed by atoms with Crippen LogP contribution in [0.5, 0.6) is 0 Å². The Hall–Kier alpha value is -1.57. The highest BCUT2D eigenvalue weighted by Crippen LogP contribution is 2.32. The lowest BCUT2D eigenvalue weighted by molar-refractivity contribution is -0.132. The zero-order chi connectivity index (χ0) is 10.8. The third-order valence-corrected chi connectivity index (χ3v) is 2.99. The second-order valence-electron chi connectivity index (χ2n) is 3.92. The molecule has 0 fully saturated rings. The van der Waals surface area contributed by atoms with Gasteiger partial charge in [-0.25, -0.2) is 4.79 Å². The number of aryl methyl sites for hydroxylation is 1. The number of carboxylic acid groups (broad SMARTS) is 1. The van der Waals surface area contributed by atoms with Crippen LogP contribution in [-0.2, 0) is 11.2 Å². The molecule has 0 bridgehead atoms. The molecule has 78 valence electrons. The molecule has 0 radical (unpaired) electrons. The Kier molecular flexibility index (Phi) is 2.58. The molecule has 1 N–H and O–H groups in total. The molecule has 0 aliphatic heterocycles. The molecule has 0 unspecified atom stereocenters. The van der Waals surface area contributed by atoms with E-state index >= 15 is 0 Å². The summed E-state index contributed by atoms with van der Waals surface area (Å²) in [5.74, 6) is -0.804. The number of aliphatic carboxylic acids is 1. The normalized spacial score (nSPS) is 18.2. The Morgan fingerprint density at radius 2 is 2.00 bits per heavy atom. The number of allylic oxidation sites excluding steroid dienone is 1. The minimum Gasteiger partial charge on any atom is -0.478 e. The van der Waals surface area contributed by atoms with Gasteiger partial charge >= 0.3 is 5.97 Å². The van der Waals surface area contributed by atoms with E-state index in [4.69, 9.17) is 5.11 Å². The van der Waals surface area contributed by atoms with Gasteiger partial charge in [-0.2, -0.15) is 0 Å². The first-order valence-corrected chi connectivity index (χ1v) is 5.21. The van der Waals surface area contributed by atoms with Crippen LogP contribution in [0.25, 0.3) is 5.57 Å². The van der Waals surface area contributed by atoms with Crippen molar-refractivity contribution in [2.45, 2.75) is 26.2 Å². The van der Waals surface area contributed by atoms with Crippen molar-refractivity contribution in [3.8, 4) is 0 Å². The molecule has 0 amide bonds. The van der Waals surface area contributed by atoms with Crippen LogP contribution in [0.2, 0.25) is 0 Å². The van der Waals surface area contributed by atoms with E-state index in [0.29, 0.717) is 5.57 Å². The van der Waals surface area contributed by atoms with Gasteiger partial charge in [0.1, 0.15) is 0 Å². The van der Waals surface area contributed by atoms with Crippen molar-refractivity contribution in [1.82, 2.24) is 0 Å². The zero-order valence-corrected chi connectivity index (χ0v) is 8.79. The summed E-state index contributed by atoms with van der Waals surface area (Å²) in [6.45, 7) is 1.69. The largest absolute Gasteiger partial charge is 0.478 e. The molecular formula is C13H14O2. The van der Waals surface area contributed by atoms with Crippen LogP contribution in [0, 0.1) is 0 Å². The summed E-state index contributed by atoms with van der Waals surface area (Å²) in [5.41, 5.74) is 3.90. The van der Waals surface area contributed by atoms with Gasteiger partial charge in [-0.05, 0) is 42.9 Å². The van der Waals surface area contributed by atoms with Crippen LogP contribution in [-0.4, -0.2) is 11.1 Å². The van der Waals surface area contributed by atoms with Crippen molar-refractivity contribution in [3.05, 3.63) is 41.0 Å². The highest BCUT2D eigenvalue weighted by atomic mass is 16.4. The third-order valence-electron chi connectivity index (χ3n) is 2.99. The predicted octanol–water partition coefficient (Wildman–Crippen LogP) is 2.88. The van der Waals surface area contributed by atoms with Crippen molar-refractivity contribution >= 4 is 11.5 Å². The summed E-state index contributed by atoms with van der Waals surface area (Å²) in [6, 6.07) is 8.09. The van der Waals surface area contributed by atoms with Gasteiger partial charge in [0, 0.05) is 5.57 Å². The Balaban J connectivity index is 2.55. The van der Waals surface area contributed by atoms with E-state index in [-0.39, 0.29) is 0 Å². The zero-order valence-electron chi connectivity index (χ0n) is 8.79. The van der Waals surface area contributed by atoms with Crippen LogP contribution in [0.4, 0.5) is 0 Å². The second-order valence-corrected chi connectivity index (χ2v) is 3.92.